The molecule has 0 spiro atoms. The molecular formula is C21H18F3N3O3S2. The molecule has 0 radical (unpaired) electrons. The fourth-order valence-electron chi connectivity index (χ4n) is 3.49. The van der Waals surface area contributed by atoms with Gasteiger partial charge in [-0.1, -0.05) is 18.2 Å². The van der Waals surface area contributed by atoms with Gasteiger partial charge in [0.25, 0.3) is 5.91 Å². The standard InChI is InChI=1S/C21H18F3N3O3S2/c1-20(2)18(28)26(15-9-10-17(25-3)16(11-15)21(22,23)24)19(31)27(20)14-7-5-13(6-8-14)12-32(4,29)30/h5-11H,12H2,1-2,4H3. The van der Waals surface area contributed by atoms with E-state index in [-0.39, 0.29) is 16.6 Å². The topological polar surface area (TPSA) is 62.1 Å². The number of anilines is 2. The van der Waals surface area contributed by atoms with E-state index in [4.69, 9.17) is 18.8 Å². The lowest BCUT2D eigenvalue weighted by molar-refractivity contribution is -0.136. The average Bonchev–Trinajstić information content (AvgIpc) is 2.84. The quantitative estimate of drug-likeness (QED) is 0.467. The van der Waals surface area contributed by atoms with Crippen molar-refractivity contribution in [1.29, 1.82) is 0 Å². The molecule has 1 fully saturated rings. The summed E-state index contributed by atoms with van der Waals surface area (Å²) in [7, 11) is -3.23. The molecule has 0 aromatic heterocycles. The van der Waals surface area contributed by atoms with Crippen molar-refractivity contribution < 1.29 is 26.4 Å². The molecule has 32 heavy (non-hydrogen) atoms. The van der Waals surface area contributed by atoms with E-state index in [0.717, 1.165) is 23.3 Å². The summed E-state index contributed by atoms with van der Waals surface area (Å²) in [5.74, 6) is -0.689. The number of nitrogens with zero attached hydrogens (tertiary/aromatic N) is 3. The molecule has 11 heteroatoms. The zero-order chi connectivity index (χ0) is 24.1. The van der Waals surface area contributed by atoms with Crippen LogP contribution in [0.1, 0.15) is 25.0 Å². The van der Waals surface area contributed by atoms with E-state index >= 15 is 0 Å². The van der Waals surface area contributed by atoms with E-state index < -0.39 is 38.7 Å². The molecule has 0 atom stereocenters. The number of alkyl halides is 3. The van der Waals surface area contributed by atoms with Crippen LogP contribution in [-0.2, 0) is 26.6 Å². The largest absolute Gasteiger partial charge is 0.407 e. The zero-order valence-corrected chi connectivity index (χ0v) is 18.9. The van der Waals surface area contributed by atoms with Gasteiger partial charge in [0.2, 0.25) is 0 Å². The molecule has 2 aromatic carbocycles. The number of amides is 1. The summed E-state index contributed by atoms with van der Waals surface area (Å²) in [5, 5.41) is -0.0282. The maximum Gasteiger partial charge on any atom is 0.407 e. The van der Waals surface area contributed by atoms with Gasteiger partial charge < -0.3 is 4.90 Å². The highest BCUT2D eigenvalue weighted by molar-refractivity contribution is 7.89. The first-order valence-corrected chi connectivity index (χ1v) is 11.7. The van der Waals surface area contributed by atoms with E-state index in [9.17, 15) is 26.4 Å². The van der Waals surface area contributed by atoms with Crippen LogP contribution in [0.4, 0.5) is 30.2 Å². The van der Waals surface area contributed by atoms with Crippen LogP contribution in [0, 0.1) is 6.57 Å². The molecule has 0 N–H and O–H groups in total. The molecular weight excluding hydrogens is 463 g/mol. The van der Waals surface area contributed by atoms with Crippen molar-refractivity contribution in [3.63, 3.8) is 0 Å². The molecule has 3 rings (SSSR count). The fraction of sp³-hybridized carbons (Fsp3) is 0.286. The lowest BCUT2D eigenvalue weighted by atomic mass is 10.0. The van der Waals surface area contributed by atoms with Crippen molar-refractivity contribution in [3.8, 4) is 0 Å². The predicted octanol–water partition coefficient (Wildman–Crippen LogP) is 4.72. The fourth-order valence-corrected chi connectivity index (χ4v) is 4.81. The van der Waals surface area contributed by atoms with Gasteiger partial charge in [0.15, 0.2) is 20.6 Å². The van der Waals surface area contributed by atoms with Crippen molar-refractivity contribution in [2.45, 2.75) is 31.3 Å². The Bertz CT molecular complexity index is 1250. The second-order valence-electron chi connectivity index (χ2n) is 7.87. The predicted molar refractivity (Wildman–Crippen MR) is 119 cm³/mol. The summed E-state index contributed by atoms with van der Waals surface area (Å²) < 4.78 is 63.2. The monoisotopic (exact) mass is 481 g/mol. The number of thiocarbonyl (C=S) groups is 1. The Morgan fingerprint density at radius 3 is 2.16 bits per heavy atom. The number of rotatable bonds is 4. The molecule has 1 aliphatic heterocycles. The van der Waals surface area contributed by atoms with Crippen molar-refractivity contribution in [2.75, 3.05) is 16.1 Å². The highest BCUT2D eigenvalue weighted by Crippen LogP contribution is 2.41. The van der Waals surface area contributed by atoms with Crippen LogP contribution in [0.25, 0.3) is 4.85 Å². The van der Waals surface area contributed by atoms with Gasteiger partial charge in [0.05, 0.1) is 17.9 Å². The number of hydrogen-bond acceptors (Lipinski definition) is 4. The Labute approximate surface area is 189 Å². The molecule has 0 unspecified atom stereocenters. The number of halogens is 3. The SMILES string of the molecule is [C-]#[N+]c1ccc(N2C(=O)C(C)(C)N(c3ccc(CS(C)(=O)=O)cc3)C2=S)cc1C(F)(F)F. The van der Waals surface area contributed by atoms with E-state index in [2.05, 4.69) is 4.85 Å². The van der Waals surface area contributed by atoms with Crippen LogP contribution < -0.4 is 9.80 Å². The Hall–Kier alpha value is -2.97. The van der Waals surface area contributed by atoms with Gasteiger partial charge in [0.1, 0.15) is 5.54 Å². The molecule has 0 saturated carbocycles. The number of hydrogen-bond donors (Lipinski definition) is 0. The van der Waals surface area contributed by atoms with Crippen LogP contribution in [0.5, 0.6) is 0 Å². The van der Waals surface area contributed by atoms with Crippen LogP contribution in [0.15, 0.2) is 42.5 Å². The van der Waals surface area contributed by atoms with Crippen LogP contribution in [0.2, 0.25) is 0 Å². The van der Waals surface area contributed by atoms with Gasteiger partial charge in [-0.25, -0.2) is 13.3 Å². The Balaban J connectivity index is 2.04. The maximum atomic E-state index is 13.4. The summed E-state index contributed by atoms with van der Waals surface area (Å²) in [6.45, 7) is 10.2. The van der Waals surface area contributed by atoms with E-state index in [1.54, 1.807) is 38.1 Å². The van der Waals surface area contributed by atoms with Gasteiger partial charge in [-0.05, 0) is 55.9 Å². The third-order valence-electron chi connectivity index (χ3n) is 4.96. The average molecular weight is 482 g/mol. The van der Waals surface area contributed by atoms with Gasteiger partial charge in [-0.2, -0.15) is 13.2 Å². The van der Waals surface area contributed by atoms with Gasteiger partial charge in [-0.3, -0.25) is 9.69 Å². The smallest absolute Gasteiger partial charge is 0.304 e. The van der Waals surface area contributed by atoms with Crippen LogP contribution in [0.3, 0.4) is 0 Å². The number of carbonyl (C=O) groups is 1. The minimum atomic E-state index is -4.77. The van der Waals surface area contributed by atoms with E-state index in [1.807, 2.05) is 0 Å². The molecule has 0 aliphatic carbocycles. The van der Waals surface area contributed by atoms with E-state index in [0.29, 0.717) is 11.3 Å². The van der Waals surface area contributed by atoms with E-state index in [1.165, 1.54) is 11.0 Å². The summed E-state index contributed by atoms with van der Waals surface area (Å²) in [6, 6.07) is 9.40. The first kappa shape index (κ1) is 23.7. The van der Waals surface area contributed by atoms with Crippen molar-refractivity contribution in [3.05, 3.63) is 65.0 Å². The zero-order valence-electron chi connectivity index (χ0n) is 17.3. The van der Waals surface area contributed by atoms with Gasteiger partial charge in [0, 0.05) is 17.6 Å². The summed E-state index contributed by atoms with van der Waals surface area (Å²) >= 11 is 5.46. The second-order valence-corrected chi connectivity index (χ2v) is 10.4. The highest BCUT2D eigenvalue weighted by Gasteiger charge is 2.50. The number of sulfone groups is 1. The maximum absolute atomic E-state index is 13.4. The first-order chi connectivity index (χ1) is 14.7. The molecule has 6 nitrogen and oxygen atoms in total. The van der Waals surface area contributed by atoms with Gasteiger partial charge in [-0.15, -0.1) is 0 Å². The molecule has 0 bridgehead atoms. The molecule has 1 heterocycles. The summed E-state index contributed by atoms with van der Waals surface area (Å²) in [4.78, 5) is 18.6. The molecule has 1 amide bonds. The lowest BCUT2D eigenvalue weighted by Crippen LogP contribution is -2.44. The third kappa shape index (κ3) is 4.33. The van der Waals surface area contributed by atoms with Crippen molar-refractivity contribution >= 4 is 50.1 Å². The highest BCUT2D eigenvalue weighted by atomic mass is 32.2. The Kier molecular flexibility index (Phi) is 5.82. The third-order valence-corrected chi connectivity index (χ3v) is 6.18. The molecule has 1 aliphatic rings. The number of carbonyl (C=O) groups excluding carboxylic acids is 1. The van der Waals surface area contributed by atoms with Crippen molar-refractivity contribution in [1.82, 2.24) is 0 Å². The minimum Gasteiger partial charge on any atom is -0.304 e. The lowest BCUT2D eigenvalue weighted by Gasteiger charge is -2.29. The molecule has 2 aromatic rings. The number of benzene rings is 2. The van der Waals surface area contributed by atoms with Gasteiger partial charge >= 0.3 is 6.18 Å². The van der Waals surface area contributed by atoms with Crippen LogP contribution >= 0.6 is 12.2 Å². The Morgan fingerprint density at radius 2 is 1.66 bits per heavy atom. The summed E-state index contributed by atoms with van der Waals surface area (Å²) in [5.41, 5.74) is -2.00. The minimum absolute atomic E-state index is 0.0282. The molecule has 168 valence electrons. The Morgan fingerprint density at radius 1 is 1.09 bits per heavy atom. The van der Waals surface area contributed by atoms with Crippen molar-refractivity contribution in [2.24, 2.45) is 0 Å². The molecule has 1 saturated heterocycles. The van der Waals surface area contributed by atoms with Crippen LogP contribution in [-0.4, -0.2) is 31.2 Å². The second kappa shape index (κ2) is 7.86. The first-order valence-electron chi connectivity index (χ1n) is 9.21. The summed E-state index contributed by atoms with van der Waals surface area (Å²) in [6.07, 6.45) is -3.66. The normalized spacial score (nSPS) is 16.4.